The molecule has 1 heterocycles. The second-order valence-electron chi connectivity index (χ2n) is 4.23. The van der Waals surface area contributed by atoms with Gasteiger partial charge in [0, 0.05) is 36.6 Å². The summed E-state index contributed by atoms with van der Waals surface area (Å²) in [7, 11) is 1.77. The Balaban J connectivity index is 1.74. The molecule has 1 aromatic carbocycles. The Kier molecular flexibility index (Phi) is 5.38. The highest BCUT2D eigenvalue weighted by Gasteiger charge is 2.10. The van der Waals surface area contributed by atoms with Crippen molar-refractivity contribution in [1.29, 1.82) is 0 Å². The third-order valence-electron chi connectivity index (χ3n) is 2.75. The van der Waals surface area contributed by atoms with Crippen LogP contribution in [-0.4, -0.2) is 36.0 Å². The van der Waals surface area contributed by atoms with Gasteiger partial charge in [-0.2, -0.15) is 0 Å². The molecule has 0 aliphatic rings. The molecule has 4 nitrogen and oxygen atoms in total. The first-order valence-corrected chi connectivity index (χ1v) is 7.41. The van der Waals surface area contributed by atoms with Crippen molar-refractivity contribution < 1.29 is 9.53 Å². The largest absolute Gasteiger partial charge is 0.484 e. The van der Waals surface area contributed by atoms with E-state index in [1.165, 1.54) is 0 Å². The normalized spacial score (nSPS) is 10.3. The van der Waals surface area contributed by atoms with Crippen molar-refractivity contribution >= 4 is 28.8 Å². The smallest absolute Gasteiger partial charge is 0.260 e. The highest BCUT2D eigenvalue weighted by Crippen LogP contribution is 2.15. The Hall–Kier alpha value is -1.59. The first-order valence-electron chi connectivity index (χ1n) is 6.16. The minimum atomic E-state index is -0.0588. The number of ether oxygens (including phenoxy) is 1. The summed E-state index contributed by atoms with van der Waals surface area (Å²) in [5.41, 5.74) is 0. The van der Waals surface area contributed by atoms with Crippen molar-refractivity contribution in [2.75, 3.05) is 20.2 Å². The maximum atomic E-state index is 11.9. The second-order valence-corrected chi connectivity index (χ2v) is 5.65. The average Bonchev–Trinajstić information content (AvgIpc) is 2.97. The molecule has 0 spiro atoms. The Morgan fingerprint density at radius 2 is 2.15 bits per heavy atom. The van der Waals surface area contributed by atoms with Gasteiger partial charge in [0.2, 0.25) is 0 Å². The molecule has 1 aromatic heterocycles. The molecular formula is C14H15ClN2O2S. The lowest BCUT2D eigenvalue weighted by atomic mass is 10.3. The van der Waals surface area contributed by atoms with E-state index in [1.807, 2.05) is 5.38 Å². The van der Waals surface area contributed by atoms with E-state index in [0.29, 0.717) is 17.3 Å². The van der Waals surface area contributed by atoms with Crippen LogP contribution in [0.3, 0.4) is 0 Å². The molecule has 0 saturated heterocycles. The number of hydrogen-bond donors (Lipinski definition) is 0. The van der Waals surface area contributed by atoms with E-state index in [1.54, 1.807) is 53.7 Å². The van der Waals surface area contributed by atoms with Crippen LogP contribution in [0.5, 0.6) is 5.75 Å². The summed E-state index contributed by atoms with van der Waals surface area (Å²) < 4.78 is 5.42. The number of carbonyl (C=O) groups excluding carboxylic acids is 1. The van der Waals surface area contributed by atoms with Gasteiger partial charge in [-0.05, 0) is 24.3 Å². The fourth-order valence-corrected chi connectivity index (χ4v) is 2.29. The van der Waals surface area contributed by atoms with E-state index < -0.39 is 0 Å². The summed E-state index contributed by atoms with van der Waals surface area (Å²) in [5.74, 6) is 0.576. The molecule has 2 aromatic rings. The van der Waals surface area contributed by atoms with Gasteiger partial charge in [-0.3, -0.25) is 4.79 Å². The number of rotatable bonds is 6. The topological polar surface area (TPSA) is 42.4 Å². The van der Waals surface area contributed by atoms with Gasteiger partial charge in [0.1, 0.15) is 5.75 Å². The highest BCUT2D eigenvalue weighted by molar-refractivity contribution is 7.09. The van der Waals surface area contributed by atoms with Gasteiger partial charge in [-0.25, -0.2) is 4.98 Å². The number of benzene rings is 1. The van der Waals surface area contributed by atoms with Crippen molar-refractivity contribution in [3.8, 4) is 5.75 Å². The van der Waals surface area contributed by atoms with Crippen molar-refractivity contribution in [2.45, 2.75) is 6.42 Å². The van der Waals surface area contributed by atoms with Crippen LogP contribution in [0.2, 0.25) is 5.02 Å². The number of thiazole rings is 1. The zero-order chi connectivity index (χ0) is 14.4. The van der Waals surface area contributed by atoms with Crippen LogP contribution >= 0.6 is 22.9 Å². The number of halogens is 1. The number of carbonyl (C=O) groups is 1. The highest BCUT2D eigenvalue weighted by atomic mass is 35.5. The van der Waals surface area contributed by atoms with Gasteiger partial charge in [-0.1, -0.05) is 11.6 Å². The molecular weight excluding hydrogens is 296 g/mol. The summed E-state index contributed by atoms with van der Waals surface area (Å²) >= 11 is 7.37. The summed E-state index contributed by atoms with van der Waals surface area (Å²) in [4.78, 5) is 17.7. The minimum absolute atomic E-state index is 0.0238. The fourth-order valence-electron chi connectivity index (χ4n) is 1.55. The molecule has 0 saturated carbocycles. The minimum Gasteiger partial charge on any atom is -0.484 e. The molecule has 0 aliphatic heterocycles. The molecule has 2 rings (SSSR count). The van der Waals surface area contributed by atoms with Gasteiger partial charge >= 0.3 is 0 Å². The predicted molar refractivity (Wildman–Crippen MR) is 80.4 cm³/mol. The molecule has 20 heavy (non-hydrogen) atoms. The zero-order valence-electron chi connectivity index (χ0n) is 11.1. The van der Waals surface area contributed by atoms with E-state index in [4.69, 9.17) is 16.3 Å². The van der Waals surface area contributed by atoms with Crippen molar-refractivity contribution in [2.24, 2.45) is 0 Å². The van der Waals surface area contributed by atoms with Crippen LogP contribution in [0.4, 0.5) is 0 Å². The van der Waals surface area contributed by atoms with E-state index in [-0.39, 0.29) is 12.5 Å². The summed E-state index contributed by atoms with van der Waals surface area (Å²) in [6, 6.07) is 6.94. The summed E-state index contributed by atoms with van der Waals surface area (Å²) in [6.45, 7) is 0.659. The average molecular weight is 311 g/mol. The molecule has 0 atom stereocenters. The van der Waals surface area contributed by atoms with Gasteiger partial charge in [0.25, 0.3) is 5.91 Å². The van der Waals surface area contributed by atoms with Gasteiger partial charge in [-0.15, -0.1) is 11.3 Å². The van der Waals surface area contributed by atoms with Crippen molar-refractivity contribution in [3.63, 3.8) is 0 Å². The zero-order valence-corrected chi connectivity index (χ0v) is 12.7. The lowest BCUT2D eigenvalue weighted by Gasteiger charge is -2.16. The summed E-state index contributed by atoms with van der Waals surface area (Å²) in [6.07, 6.45) is 2.53. The lowest BCUT2D eigenvalue weighted by Crippen LogP contribution is -2.33. The Labute approximate surface area is 127 Å². The van der Waals surface area contributed by atoms with Gasteiger partial charge in [0.15, 0.2) is 6.61 Å². The van der Waals surface area contributed by atoms with Gasteiger partial charge < -0.3 is 9.64 Å². The third-order valence-corrected chi connectivity index (χ3v) is 3.84. The van der Waals surface area contributed by atoms with Crippen LogP contribution < -0.4 is 4.74 Å². The van der Waals surface area contributed by atoms with Crippen LogP contribution in [0, 0.1) is 0 Å². The van der Waals surface area contributed by atoms with Crippen molar-refractivity contribution in [3.05, 3.63) is 45.9 Å². The number of nitrogens with zero attached hydrogens (tertiary/aromatic N) is 2. The van der Waals surface area contributed by atoms with E-state index in [9.17, 15) is 4.79 Å². The quantitative estimate of drug-likeness (QED) is 0.824. The predicted octanol–water partition coefficient (Wildman–Crippen LogP) is 2.88. The third kappa shape index (κ3) is 4.51. The van der Waals surface area contributed by atoms with E-state index in [2.05, 4.69) is 4.98 Å². The Morgan fingerprint density at radius 3 is 2.80 bits per heavy atom. The van der Waals surface area contributed by atoms with E-state index in [0.717, 1.165) is 11.4 Å². The first-order chi connectivity index (χ1) is 9.65. The van der Waals surface area contributed by atoms with Gasteiger partial charge in [0.05, 0.1) is 5.01 Å². The number of likely N-dealkylation sites (N-methyl/N-ethyl adjacent to an activating group) is 1. The lowest BCUT2D eigenvalue weighted by molar-refractivity contribution is -0.132. The van der Waals surface area contributed by atoms with Crippen LogP contribution in [0.1, 0.15) is 5.01 Å². The molecule has 0 aliphatic carbocycles. The molecule has 0 fully saturated rings. The fraction of sp³-hybridized carbons (Fsp3) is 0.286. The molecule has 0 unspecified atom stereocenters. The molecule has 6 heteroatoms. The molecule has 0 N–H and O–H groups in total. The summed E-state index contributed by atoms with van der Waals surface area (Å²) in [5, 5.41) is 3.60. The van der Waals surface area contributed by atoms with Crippen LogP contribution in [-0.2, 0) is 11.2 Å². The molecule has 0 bridgehead atoms. The standard InChI is InChI=1S/C14H15ClN2O2S/c1-17(8-6-13-16-7-9-20-13)14(18)10-19-12-4-2-11(15)3-5-12/h2-5,7,9H,6,8,10H2,1H3. The number of hydrogen-bond acceptors (Lipinski definition) is 4. The Bertz CT molecular complexity index is 543. The molecule has 1 amide bonds. The first kappa shape index (κ1) is 14.8. The Morgan fingerprint density at radius 1 is 1.40 bits per heavy atom. The molecule has 0 radical (unpaired) electrons. The van der Waals surface area contributed by atoms with Crippen LogP contribution in [0.25, 0.3) is 0 Å². The van der Waals surface area contributed by atoms with Crippen molar-refractivity contribution in [1.82, 2.24) is 9.88 Å². The second kappa shape index (κ2) is 7.26. The maximum Gasteiger partial charge on any atom is 0.260 e. The monoisotopic (exact) mass is 310 g/mol. The number of amides is 1. The van der Waals surface area contributed by atoms with E-state index >= 15 is 0 Å². The molecule has 106 valence electrons. The van der Waals surface area contributed by atoms with Crippen LogP contribution in [0.15, 0.2) is 35.8 Å². The number of aromatic nitrogens is 1. The maximum absolute atomic E-state index is 11.9. The SMILES string of the molecule is CN(CCc1nccs1)C(=O)COc1ccc(Cl)cc1.